The van der Waals surface area contributed by atoms with Crippen molar-refractivity contribution in [1.29, 1.82) is 0 Å². The molecule has 0 saturated carbocycles. The lowest BCUT2D eigenvalue weighted by molar-refractivity contribution is 0.175. The van der Waals surface area contributed by atoms with E-state index in [1.165, 1.54) is 16.7 Å². The molecule has 20 heavy (non-hydrogen) atoms. The molecule has 0 aliphatic rings. The van der Waals surface area contributed by atoms with Gasteiger partial charge in [0, 0.05) is 20.2 Å². The lowest BCUT2D eigenvalue weighted by Gasteiger charge is -2.35. The largest absolute Gasteiger partial charge is 0.383 e. The number of rotatable bonds is 8. The highest BCUT2D eigenvalue weighted by molar-refractivity contribution is 5.31. The number of benzene rings is 1. The maximum Gasteiger partial charge on any atom is 0.0587 e. The van der Waals surface area contributed by atoms with E-state index in [-0.39, 0.29) is 5.41 Å². The smallest absolute Gasteiger partial charge is 0.0587 e. The molecule has 1 aromatic carbocycles. The molecule has 0 amide bonds. The SMILES string of the molecule is COCCNCC(C)(Cc1cc(C)ccc1C)C(C)C. The summed E-state index contributed by atoms with van der Waals surface area (Å²) >= 11 is 0. The lowest BCUT2D eigenvalue weighted by Crippen LogP contribution is -2.39. The molecule has 1 atom stereocenters. The fourth-order valence-electron chi connectivity index (χ4n) is 2.44. The van der Waals surface area contributed by atoms with Crippen LogP contribution in [0.25, 0.3) is 0 Å². The highest BCUT2D eigenvalue weighted by Crippen LogP contribution is 2.32. The first-order valence-corrected chi connectivity index (χ1v) is 7.65. The van der Waals surface area contributed by atoms with Gasteiger partial charge in [-0.1, -0.05) is 44.5 Å². The van der Waals surface area contributed by atoms with Gasteiger partial charge >= 0.3 is 0 Å². The highest BCUT2D eigenvalue weighted by Gasteiger charge is 2.28. The molecular weight excluding hydrogens is 246 g/mol. The zero-order valence-corrected chi connectivity index (χ0v) is 14.0. The van der Waals surface area contributed by atoms with Crippen LogP contribution in [0, 0.1) is 25.2 Å². The summed E-state index contributed by atoms with van der Waals surface area (Å²) in [7, 11) is 1.75. The minimum Gasteiger partial charge on any atom is -0.383 e. The number of methoxy groups -OCH3 is 1. The van der Waals surface area contributed by atoms with Gasteiger partial charge in [0.05, 0.1) is 6.61 Å². The Bertz CT molecular complexity index is 414. The Labute approximate surface area is 124 Å². The zero-order valence-electron chi connectivity index (χ0n) is 14.0. The molecule has 0 fully saturated rings. The van der Waals surface area contributed by atoms with Crippen LogP contribution in [-0.4, -0.2) is 26.8 Å². The molecule has 0 heterocycles. The quantitative estimate of drug-likeness (QED) is 0.731. The van der Waals surface area contributed by atoms with Gasteiger partial charge in [-0.25, -0.2) is 0 Å². The number of hydrogen-bond acceptors (Lipinski definition) is 2. The molecule has 0 saturated heterocycles. The first kappa shape index (κ1) is 17.2. The first-order valence-electron chi connectivity index (χ1n) is 7.65. The van der Waals surface area contributed by atoms with Gasteiger partial charge in [0.1, 0.15) is 0 Å². The second-order valence-electron chi connectivity index (χ2n) is 6.59. The third-order valence-electron chi connectivity index (χ3n) is 4.50. The molecular formula is C18H31NO. The van der Waals surface area contributed by atoms with Crippen LogP contribution in [0.15, 0.2) is 18.2 Å². The van der Waals surface area contributed by atoms with Crippen LogP contribution in [0.2, 0.25) is 0 Å². The van der Waals surface area contributed by atoms with Crippen molar-refractivity contribution in [3.63, 3.8) is 0 Å². The molecule has 1 aromatic rings. The first-order chi connectivity index (χ1) is 9.39. The fourth-order valence-corrected chi connectivity index (χ4v) is 2.44. The molecule has 2 nitrogen and oxygen atoms in total. The van der Waals surface area contributed by atoms with Crippen LogP contribution in [-0.2, 0) is 11.2 Å². The Kier molecular flexibility index (Phi) is 6.70. The van der Waals surface area contributed by atoms with Crippen molar-refractivity contribution >= 4 is 0 Å². The second kappa shape index (κ2) is 7.80. The molecule has 0 aromatic heterocycles. The van der Waals surface area contributed by atoms with E-state index in [0.717, 1.165) is 26.1 Å². The summed E-state index contributed by atoms with van der Waals surface area (Å²) in [4.78, 5) is 0. The standard InChI is InChI=1S/C18H31NO/c1-14(2)18(5,13-19-9-10-20-6)12-17-11-15(3)7-8-16(17)4/h7-8,11,14,19H,9-10,12-13H2,1-6H3. The van der Waals surface area contributed by atoms with Crippen molar-refractivity contribution in [1.82, 2.24) is 5.32 Å². The summed E-state index contributed by atoms with van der Waals surface area (Å²) in [5.74, 6) is 0.637. The van der Waals surface area contributed by atoms with E-state index in [4.69, 9.17) is 4.74 Å². The number of aryl methyl sites for hydroxylation is 2. The van der Waals surface area contributed by atoms with Crippen molar-refractivity contribution in [3.05, 3.63) is 34.9 Å². The summed E-state index contributed by atoms with van der Waals surface area (Å²) < 4.78 is 5.11. The molecule has 0 spiro atoms. The van der Waals surface area contributed by atoms with Crippen molar-refractivity contribution in [3.8, 4) is 0 Å². The number of hydrogen-bond donors (Lipinski definition) is 1. The average molecular weight is 277 g/mol. The highest BCUT2D eigenvalue weighted by atomic mass is 16.5. The van der Waals surface area contributed by atoms with E-state index >= 15 is 0 Å². The molecule has 0 aliphatic heterocycles. The van der Waals surface area contributed by atoms with E-state index in [9.17, 15) is 0 Å². The normalized spacial score (nSPS) is 14.6. The van der Waals surface area contributed by atoms with E-state index in [1.807, 2.05) is 0 Å². The third kappa shape index (κ3) is 4.92. The van der Waals surface area contributed by atoms with Crippen molar-refractivity contribution in [2.75, 3.05) is 26.8 Å². The van der Waals surface area contributed by atoms with Crippen LogP contribution < -0.4 is 5.32 Å². The van der Waals surface area contributed by atoms with E-state index < -0.39 is 0 Å². The molecule has 1 unspecified atom stereocenters. The molecule has 0 bridgehead atoms. The molecule has 1 N–H and O–H groups in total. The van der Waals surface area contributed by atoms with Gasteiger partial charge < -0.3 is 10.1 Å². The van der Waals surface area contributed by atoms with E-state index in [0.29, 0.717) is 5.92 Å². The van der Waals surface area contributed by atoms with E-state index in [1.54, 1.807) is 7.11 Å². The van der Waals surface area contributed by atoms with Crippen LogP contribution in [0.1, 0.15) is 37.5 Å². The zero-order chi connectivity index (χ0) is 15.2. The van der Waals surface area contributed by atoms with Crippen molar-refractivity contribution in [2.45, 2.75) is 41.0 Å². The number of ether oxygens (including phenoxy) is 1. The van der Waals surface area contributed by atoms with Gasteiger partial charge in [-0.15, -0.1) is 0 Å². The average Bonchev–Trinajstić information content (AvgIpc) is 2.39. The molecule has 2 heteroatoms. The molecule has 114 valence electrons. The Hall–Kier alpha value is -0.860. The topological polar surface area (TPSA) is 21.3 Å². The van der Waals surface area contributed by atoms with Gasteiger partial charge in [0.2, 0.25) is 0 Å². The summed E-state index contributed by atoms with van der Waals surface area (Å²) in [6, 6.07) is 6.78. The number of nitrogens with one attached hydrogen (secondary N) is 1. The Morgan fingerprint density at radius 3 is 2.55 bits per heavy atom. The Balaban J connectivity index is 2.77. The molecule has 1 rings (SSSR count). The monoisotopic (exact) mass is 277 g/mol. The molecule has 0 aliphatic carbocycles. The third-order valence-corrected chi connectivity index (χ3v) is 4.50. The Morgan fingerprint density at radius 1 is 1.25 bits per heavy atom. The van der Waals surface area contributed by atoms with Gasteiger partial charge in [0.25, 0.3) is 0 Å². The van der Waals surface area contributed by atoms with Crippen molar-refractivity contribution in [2.24, 2.45) is 11.3 Å². The van der Waals surface area contributed by atoms with Crippen molar-refractivity contribution < 1.29 is 4.74 Å². The van der Waals surface area contributed by atoms with Gasteiger partial charge in [0.15, 0.2) is 0 Å². The van der Waals surface area contributed by atoms with Crippen LogP contribution in [0.5, 0.6) is 0 Å². The van der Waals surface area contributed by atoms with Gasteiger partial charge in [-0.3, -0.25) is 0 Å². The summed E-state index contributed by atoms with van der Waals surface area (Å²) in [5, 5.41) is 3.54. The van der Waals surface area contributed by atoms with E-state index in [2.05, 4.69) is 58.1 Å². The summed E-state index contributed by atoms with van der Waals surface area (Å²) in [6.07, 6.45) is 1.12. The predicted molar refractivity (Wildman–Crippen MR) is 87.3 cm³/mol. The van der Waals surface area contributed by atoms with Crippen LogP contribution in [0.4, 0.5) is 0 Å². The predicted octanol–water partition coefficient (Wildman–Crippen LogP) is 3.74. The minimum absolute atomic E-state index is 0.270. The fraction of sp³-hybridized carbons (Fsp3) is 0.667. The second-order valence-corrected chi connectivity index (χ2v) is 6.59. The Morgan fingerprint density at radius 2 is 1.95 bits per heavy atom. The van der Waals surface area contributed by atoms with Gasteiger partial charge in [-0.05, 0) is 42.7 Å². The minimum atomic E-state index is 0.270. The maximum atomic E-state index is 5.11. The summed E-state index contributed by atoms with van der Waals surface area (Å²) in [6.45, 7) is 14.1. The molecule has 0 radical (unpaired) electrons. The maximum absolute atomic E-state index is 5.11. The van der Waals surface area contributed by atoms with Crippen LogP contribution >= 0.6 is 0 Å². The van der Waals surface area contributed by atoms with Gasteiger partial charge in [-0.2, -0.15) is 0 Å². The van der Waals surface area contributed by atoms with Crippen LogP contribution in [0.3, 0.4) is 0 Å². The lowest BCUT2D eigenvalue weighted by atomic mass is 9.73. The summed E-state index contributed by atoms with van der Waals surface area (Å²) in [5.41, 5.74) is 4.50.